The predicted octanol–water partition coefficient (Wildman–Crippen LogP) is 3.87. The molecule has 0 rings (SSSR count). The van der Waals surface area contributed by atoms with Gasteiger partial charge >= 0.3 is 0 Å². The summed E-state index contributed by atoms with van der Waals surface area (Å²) >= 11 is 0. The summed E-state index contributed by atoms with van der Waals surface area (Å²) in [5, 5.41) is 2.84. The van der Waals surface area contributed by atoms with E-state index in [1.54, 1.807) is 0 Å². The Morgan fingerprint density at radius 3 is 2.21 bits per heavy atom. The summed E-state index contributed by atoms with van der Waals surface area (Å²) in [5.41, 5.74) is 8.99. The van der Waals surface area contributed by atoms with Gasteiger partial charge in [0.25, 0.3) is 5.91 Å². The normalized spacial score (nSPS) is 15.5. The molecule has 0 saturated heterocycles. The molecule has 3 N–H and O–H groups in total. The maximum absolute atomic E-state index is 12.3. The zero-order valence-corrected chi connectivity index (χ0v) is 13.4. The van der Waals surface area contributed by atoms with E-state index < -0.39 is 0 Å². The largest absolute Gasteiger partial charge is 0.385 e. The van der Waals surface area contributed by atoms with Gasteiger partial charge in [0.1, 0.15) is 5.82 Å². The summed E-state index contributed by atoms with van der Waals surface area (Å²) in [6.07, 6.45) is 3.67. The number of nitrogens with two attached hydrogens (primary N) is 1. The molecule has 0 fully saturated rings. The average Bonchev–Trinajstić information content (AvgIpc) is 2.41. The zero-order chi connectivity index (χ0) is 15.0. The number of carbonyl (C=O) groups is 1. The lowest BCUT2D eigenvalue weighted by atomic mass is 9.92. The van der Waals surface area contributed by atoms with Crippen LogP contribution in [0.25, 0.3) is 0 Å². The SMILES string of the molecule is CCC/C(C(=O)N/C(N)=C(\C)CC)=C(/C)C(C)CC. The molecule has 0 aliphatic heterocycles. The third kappa shape index (κ3) is 5.50. The van der Waals surface area contributed by atoms with Gasteiger partial charge in [-0.1, -0.05) is 39.7 Å². The van der Waals surface area contributed by atoms with Gasteiger partial charge in [0.15, 0.2) is 0 Å². The highest BCUT2D eigenvalue weighted by molar-refractivity contribution is 5.95. The van der Waals surface area contributed by atoms with E-state index in [0.29, 0.717) is 11.7 Å². The van der Waals surface area contributed by atoms with Gasteiger partial charge in [0, 0.05) is 5.57 Å². The van der Waals surface area contributed by atoms with E-state index in [4.69, 9.17) is 5.73 Å². The third-order valence-corrected chi connectivity index (χ3v) is 3.84. The second-order valence-corrected chi connectivity index (χ2v) is 5.22. The van der Waals surface area contributed by atoms with E-state index in [1.807, 2.05) is 13.8 Å². The number of nitrogens with one attached hydrogen (secondary N) is 1. The first-order valence-electron chi connectivity index (χ1n) is 7.35. The van der Waals surface area contributed by atoms with Crippen molar-refractivity contribution in [1.29, 1.82) is 0 Å². The maximum atomic E-state index is 12.3. The van der Waals surface area contributed by atoms with Crippen molar-refractivity contribution in [3.63, 3.8) is 0 Å². The van der Waals surface area contributed by atoms with Crippen molar-refractivity contribution in [3.8, 4) is 0 Å². The average molecular weight is 266 g/mol. The highest BCUT2D eigenvalue weighted by atomic mass is 16.1. The van der Waals surface area contributed by atoms with Crippen LogP contribution < -0.4 is 11.1 Å². The topological polar surface area (TPSA) is 55.1 Å². The molecule has 0 aromatic rings. The molecule has 1 amide bonds. The van der Waals surface area contributed by atoms with Crippen LogP contribution in [0.1, 0.15) is 67.2 Å². The highest BCUT2D eigenvalue weighted by Gasteiger charge is 2.16. The van der Waals surface area contributed by atoms with Gasteiger partial charge in [0.2, 0.25) is 0 Å². The highest BCUT2D eigenvalue weighted by Crippen LogP contribution is 2.21. The summed E-state index contributed by atoms with van der Waals surface area (Å²) in [5.74, 6) is 0.896. The Bertz CT molecular complexity index is 367. The van der Waals surface area contributed by atoms with Crippen LogP contribution in [0.5, 0.6) is 0 Å². The van der Waals surface area contributed by atoms with Crippen LogP contribution in [-0.4, -0.2) is 5.91 Å². The molecule has 0 aromatic carbocycles. The summed E-state index contributed by atoms with van der Waals surface area (Å²) in [7, 11) is 0. The molecule has 0 radical (unpaired) electrons. The van der Waals surface area contributed by atoms with E-state index in [-0.39, 0.29) is 5.91 Å². The van der Waals surface area contributed by atoms with Crippen molar-refractivity contribution in [2.24, 2.45) is 11.7 Å². The van der Waals surface area contributed by atoms with E-state index in [0.717, 1.165) is 36.8 Å². The van der Waals surface area contributed by atoms with E-state index in [9.17, 15) is 4.79 Å². The zero-order valence-electron chi connectivity index (χ0n) is 13.4. The van der Waals surface area contributed by atoms with Crippen LogP contribution in [0.4, 0.5) is 0 Å². The molecule has 1 unspecified atom stereocenters. The summed E-state index contributed by atoms with van der Waals surface area (Å²) in [4.78, 5) is 12.3. The van der Waals surface area contributed by atoms with Crippen molar-refractivity contribution in [3.05, 3.63) is 22.5 Å². The molecule has 0 heterocycles. The van der Waals surface area contributed by atoms with Crippen LogP contribution in [0.2, 0.25) is 0 Å². The Balaban J connectivity index is 5.16. The predicted molar refractivity (Wildman–Crippen MR) is 82.4 cm³/mol. The maximum Gasteiger partial charge on any atom is 0.252 e. The molecule has 0 aromatic heterocycles. The van der Waals surface area contributed by atoms with Crippen molar-refractivity contribution >= 4 is 5.91 Å². The van der Waals surface area contributed by atoms with Crippen LogP contribution in [0.15, 0.2) is 22.5 Å². The minimum absolute atomic E-state index is 0.0371. The number of hydrogen-bond acceptors (Lipinski definition) is 2. The van der Waals surface area contributed by atoms with Gasteiger partial charge in [-0.3, -0.25) is 4.79 Å². The number of hydrogen-bond donors (Lipinski definition) is 2. The van der Waals surface area contributed by atoms with Gasteiger partial charge in [-0.25, -0.2) is 0 Å². The monoisotopic (exact) mass is 266 g/mol. The van der Waals surface area contributed by atoms with Crippen molar-refractivity contribution in [2.45, 2.75) is 67.2 Å². The Kier molecular flexibility index (Phi) is 8.21. The Morgan fingerprint density at radius 2 is 1.79 bits per heavy atom. The molecule has 0 aliphatic rings. The Morgan fingerprint density at radius 1 is 1.21 bits per heavy atom. The first-order valence-corrected chi connectivity index (χ1v) is 7.35. The molecule has 0 aliphatic carbocycles. The van der Waals surface area contributed by atoms with E-state index in [2.05, 4.69) is 33.0 Å². The summed E-state index contributed by atoms with van der Waals surface area (Å²) < 4.78 is 0. The quantitative estimate of drug-likeness (QED) is 0.687. The minimum Gasteiger partial charge on any atom is -0.385 e. The van der Waals surface area contributed by atoms with Crippen molar-refractivity contribution < 1.29 is 4.79 Å². The molecule has 110 valence electrons. The lowest BCUT2D eigenvalue weighted by Gasteiger charge is -2.17. The van der Waals surface area contributed by atoms with Crippen molar-refractivity contribution in [2.75, 3.05) is 0 Å². The summed E-state index contributed by atoms with van der Waals surface area (Å²) in [6, 6.07) is 0. The molecular formula is C16H30N2O. The van der Waals surface area contributed by atoms with Gasteiger partial charge in [-0.05, 0) is 44.6 Å². The van der Waals surface area contributed by atoms with Crippen LogP contribution in [-0.2, 0) is 4.79 Å². The molecule has 0 bridgehead atoms. The van der Waals surface area contributed by atoms with E-state index >= 15 is 0 Å². The molecule has 0 spiro atoms. The third-order valence-electron chi connectivity index (χ3n) is 3.84. The van der Waals surface area contributed by atoms with Gasteiger partial charge in [-0.15, -0.1) is 0 Å². The number of amides is 1. The fraction of sp³-hybridized carbons (Fsp3) is 0.688. The first kappa shape index (κ1) is 17.8. The molecular weight excluding hydrogens is 236 g/mol. The summed E-state index contributed by atoms with van der Waals surface area (Å²) in [6.45, 7) is 12.4. The first-order chi connectivity index (χ1) is 8.88. The van der Waals surface area contributed by atoms with Gasteiger partial charge < -0.3 is 11.1 Å². The standard InChI is InChI=1S/C16H30N2O/c1-7-10-14(13(6)11(4)8-2)16(19)18-15(17)12(5)9-3/h11H,7-10,17H2,1-6H3,(H,18,19)/b14-13+,15-12+. The second-order valence-electron chi connectivity index (χ2n) is 5.22. The Hall–Kier alpha value is -1.25. The molecule has 3 nitrogen and oxygen atoms in total. The minimum atomic E-state index is -0.0371. The second kappa shape index (κ2) is 8.78. The van der Waals surface area contributed by atoms with Gasteiger partial charge in [-0.2, -0.15) is 0 Å². The fourth-order valence-corrected chi connectivity index (χ4v) is 1.84. The molecule has 0 saturated carbocycles. The van der Waals surface area contributed by atoms with E-state index in [1.165, 1.54) is 5.57 Å². The number of rotatable bonds is 7. The number of allylic oxidation sites excluding steroid dienone is 2. The lowest BCUT2D eigenvalue weighted by molar-refractivity contribution is -0.117. The molecule has 3 heteroatoms. The molecule has 1 atom stereocenters. The fourth-order valence-electron chi connectivity index (χ4n) is 1.84. The van der Waals surface area contributed by atoms with Crippen LogP contribution in [0.3, 0.4) is 0 Å². The van der Waals surface area contributed by atoms with Crippen LogP contribution >= 0.6 is 0 Å². The van der Waals surface area contributed by atoms with Crippen LogP contribution in [0, 0.1) is 5.92 Å². The molecule has 19 heavy (non-hydrogen) atoms. The van der Waals surface area contributed by atoms with Crippen molar-refractivity contribution in [1.82, 2.24) is 5.32 Å². The lowest BCUT2D eigenvalue weighted by Crippen LogP contribution is -2.30. The van der Waals surface area contributed by atoms with Gasteiger partial charge in [0.05, 0.1) is 0 Å². The Labute approximate surface area is 118 Å². The smallest absolute Gasteiger partial charge is 0.252 e. The number of carbonyl (C=O) groups excluding carboxylic acids is 1.